The van der Waals surface area contributed by atoms with Crippen LogP contribution >= 0.6 is 11.3 Å². The SMILES string of the molecule is CCc1ccsc1C(Cc1cnn(CC)c1)NC. The van der Waals surface area contributed by atoms with Crippen molar-refractivity contribution in [1.82, 2.24) is 15.1 Å². The van der Waals surface area contributed by atoms with Gasteiger partial charge in [0.2, 0.25) is 0 Å². The van der Waals surface area contributed by atoms with Gasteiger partial charge in [-0.1, -0.05) is 6.92 Å². The fraction of sp³-hybridized carbons (Fsp3) is 0.500. The molecule has 0 fully saturated rings. The first-order valence-electron chi connectivity index (χ1n) is 6.53. The summed E-state index contributed by atoms with van der Waals surface area (Å²) < 4.78 is 1.98. The van der Waals surface area contributed by atoms with Gasteiger partial charge >= 0.3 is 0 Å². The lowest BCUT2D eigenvalue weighted by Gasteiger charge is -2.15. The van der Waals surface area contributed by atoms with Crippen molar-refractivity contribution in [2.24, 2.45) is 0 Å². The molecule has 0 spiro atoms. The van der Waals surface area contributed by atoms with E-state index < -0.39 is 0 Å². The molecule has 1 N–H and O–H groups in total. The van der Waals surface area contributed by atoms with Crippen LogP contribution in [0.25, 0.3) is 0 Å². The van der Waals surface area contributed by atoms with E-state index in [0.717, 1.165) is 19.4 Å². The maximum atomic E-state index is 4.34. The van der Waals surface area contributed by atoms with E-state index in [2.05, 4.69) is 41.9 Å². The van der Waals surface area contributed by atoms with E-state index in [0.29, 0.717) is 6.04 Å². The van der Waals surface area contributed by atoms with Crippen LogP contribution in [-0.2, 0) is 19.4 Å². The topological polar surface area (TPSA) is 29.9 Å². The molecule has 1 unspecified atom stereocenters. The lowest BCUT2D eigenvalue weighted by molar-refractivity contribution is 0.596. The van der Waals surface area contributed by atoms with Gasteiger partial charge in [0.25, 0.3) is 0 Å². The maximum absolute atomic E-state index is 4.34. The molecule has 4 heteroatoms. The minimum atomic E-state index is 0.398. The Morgan fingerprint density at radius 2 is 2.28 bits per heavy atom. The van der Waals surface area contributed by atoms with E-state index >= 15 is 0 Å². The smallest absolute Gasteiger partial charge is 0.0522 e. The minimum Gasteiger partial charge on any atom is -0.312 e. The number of hydrogen-bond donors (Lipinski definition) is 1. The van der Waals surface area contributed by atoms with Crippen LogP contribution < -0.4 is 5.32 Å². The highest BCUT2D eigenvalue weighted by atomic mass is 32.1. The third-order valence-corrected chi connectivity index (χ3v) is 4.35. The summed E-state index contributed by atoms with van der Waals surface area (Å²) >= 11 is 1.85. The molecule has 0 aliphatic rings. The Labute approximate surface area is 113 Å². The number of aryl methyl sites for hydroxylation is 2. The zero-order chi connectivity index (χ0) is 13.0. The second-order valence-electron chi connectivity index (χ2n) is 4.41. The molecule has 0 bridgehead atoms. The lowest BCUT2D eigenvalue weighted by Crippen LogP contribution is -2.18. The molecule has 18 heavy (non-hydrogen) atoms. The van der Waals surface area contributed by atoms with E-state index in [-0.39, 0.29) is 0 Å². The normalized spacial score (nSPS) is 12.8. The molecule has 0 amide bonds. The highest BCUT2D eigenvalue weighted by Gasteiger charge is 2.15. The first kappa shape index (κ1) is 13.3. The van der Waals surface area contributed by atoms with Gasteiger partial charge in [0, 0.05) is 23.7 Å². The summed E-state index contributed by atoms with van der Waals surface area (Å²) in [5.74, 6) is 0. The van der Waals surface area contributed by atoms with E-state index in [1.165, 1.54) is 16.0 Å². The summed E-state index contributed by atoms with van der Waals surface area (Å²) in [4.78, 5) is 1.46. The number of hydrogen-bond acceptors (Lipinski definition) is 3. The molecule has 1 atom stereocenters. The molecule has 98 valence electrons. The Morgan fingerprint density at radius 1 is 1.44 bits per heavy atom. The van der Waals surface area contributed by atoms with Gasteiger partial charge in [-0.05, 0) is 49.4 Å². The maximum Gasteiger partial charge on any atom is 0.0522 e. The quantitative estimate of drug-likeness (QED) is 0.868. The van der Waals surface area contributed by atoms with Gasteiger partial charge in [-0.2, -0.15) is 5.10 Å². The monoisotopic (exact) mass is 263 g/mol. The first-order valence-corrected chi connectivity index (χ1v) is 7.41. The molecule has 2 aromatic rings. The van der Waals surface area contributed by atoms with Crippen molar-refractivity contribution >= 4 is 11.3 Å². The average Bonchev–Trinajstić information content (AvgIpc) is 3.04. The van der Waals surface area contributed by atoms with Crippen molar-refractivity contribution < 1.29 is 0 Å². The van der Waals surface area contributed by atoms with Crippen molar-refractivity contribution in [3.8, 4) is 0 Å². The molecule has 0 aliphatic heterocycles. The van der Waals surface area contributed by atoms with E-state index in [1.54, 1.807) is 0 Å². The lowest BCUT2D eigenvalue weighted by atomic mass is 10.0. The molecule has 0 saturated heterocycles. The fourth-order valence-corrected chi connectivity index (χ4v) is 3.30. The number of likely N-dealkylation sites (N-methyl/N-ethyl adjacent to an activating group) is 1. The van der Waals surface area contributed by atoms with E-state index in [1.807, 2.05) is 29.3 Å². The molecule has 2 aromatic heterocycles. The summed E-state index contributed by atoms with van der Waals surface area (Å²) in [7, 11) is 2.04. The molecule has 0 radical (unpaired) electrons. The summed E-state index contributed by atoms with van der Waals surface area (Å²) in [6, 6.07) is 2.63. The number of nitrogens with zero attached hydrogens (tertiary/aromatic N) is 2. The van der Waals surface area contributed by atoms with Crippen molar-refractivity contribution in [2.45, 2.75) is 39.3 Å². The highest BCUT2D eigenvalue weighted by Crippen LogP contribution is 2.27. The zero-order valence-corrected chi connectivity index (χ0v) is 12.1. The summed E-state index contributed by atoms with van der Waals surface area (Å²) in [6.45, 7) is 5.26. The molecule has 2 rings (SSSR count). The fourth-order valence-electron chi connectivity index (χ4n) is 2.19. The Morgan fingerprint density at radius 3 is 2.89 bits per heavy atom. The second-order valence-corrected chi connectivity index (χ2v) is 5.36. The Bertz CT molecular complexity index is 487. The third kappa shape index (κ3) is 2.82. The van der Waals surface area contributed by atoms with Crippen molar-refractivity contribution in [1.29, 1.82) is 0 Å². The Hall–Kier alpha value is -1.13. The Kier molecular flexibility index (Phi) is 4.55. The van der Waals surface area contributed by atoms with Crippen LogP contribution in [-0.4, -0.2) is 16.8 Å². The average molecular weight is 263 g/mol. The molecule has 0 aliphatic carbocycles. The van der Waals surface area contributed by atoms with Crippen LogP contribution in [0.2, 0.25) is 0 Å². The molecule has 0 saturated carbocycles. The van der Waals surface area contributed by atoms with Crippen LogP contribution in [0, 0.1) is 0 Å². The third-order valence-electron chi connectivity index (χ3n) is 3.28. The number of nitrogens with one attached hydrogen (secondary N) is 1. The van der Waals surface area contributed by atoms with E-state index in [9.17, 15) is 0 Å². The first-order chi connectivity index (χ1) is 8.78. The van der Waals surface area contributed by atoms with Crippen molar-refractivity contribution in [3.05, 3.63) is 39.8 Å². The van der Waals surface area contributed by atoms with Gasteiger partial charge in [-0.15, -0.1) is 11.3 Å². The molecule has 2 heterocycles. The number of rotatable bonds is 6. The molecule has 3 nitrogen and oxygen atoms in total. The van der Waals surface area contributed by atoms with Gasteiger partial charge in [0.15, 0.2) is 0 Å². The number of thiophene rings is 1. The van der Waals surface area contributed by atoms with Crippen LogP contribution in [0.5, 0.6) is 0 Å². The van der Waals surface area contributed by atoms with Crippen LogP contribution in [0.1, 0.15) is 35.9 Å². The molecular weight excluding hydrogens is 242 g/mol. The van der Waals surface area contributed by atoms with E-state index in [4.69, 9.17) is 0 Å². The van der Waals surface area contributed by atoms with Crippen LogP contribution in [0.3, 0.4) is 0 Å². The summed E-state index contributed by atoms with van der Waals surface area (Å²) in [5, 5.41) is 9.96. The predicted octanol–water partition coefficient (Wildman–Crippen LogP) is 3.03. The second kappa shape index (κ2) is 6.16. The Balaban J connectivity index is 2.14. The van der Waals surface area contributed by atoms with Crippen LogP contribution in [0.15, 0.2) is 23.8 Å². The zero-order valence-electron chi connectivity index (χ0n) is 11.3. The van der Waals surface area contributed by atoms with Gasteiger partial charge < -0.3 is 5.32 Å². The molecule has 0 aromatic carbocycles. The summed E-state index contributed by atoms with van der Waals surface area (Å²) in [5.41, 5.74) is 2.76. The molecular formula is C14H21N3S. The standard InChI is InChI=1S/C14H21N3S/c1-4-12-6-7-18-14(12)13(15-3)8-11-9-16-17(5-2)10-11/h6-7,9-10,13,15H,4-5,8H2,1-3H3. The van der Waals surface area contributed by atoms with Crippen molar-refractivity contribution in [3.63, 3.8) is 0 Å². The highest BCUT2D eigenvalue weighted by molar-refractivity contribution is 7.10. The largest absolute Gasteiger partial charge is 0.312 e. The minimum absolute atomic E-state index is 0.398. The van der Waals surface area contributed by atoms with Gasteiger partial charge in [-0.25, -0.2) is 0 Å². The predicted molar refractivity (Wildman–Crippen MR) is 77.1 cm³/mol. The van der Waals surface area contributed by atoms with Gasteiger partial charge in [0.05, 0.1) is 6.20 Å². The summed E-state index contributed by atoms with van der Waals surface area (Å²) in [6.07, 6.45) is 6.23. The van der Waals surface area contributed by atoms with Gasteiger partial charge in [0.1, 0.15) is 0 Å². The number of aromatic nitrogens is 2. The van der Waals surface area contributed by atoms with Crippen LogP contribution in [0.4, 0.5) is 0 Å². The van der Waals surface area contributed by atoms with Gasteiger partial charge in [-0.3, -0.25) is 4.68 Å². The van der Waals surface area contributed by atoms with Crippen molar-refractivity contribution in [2.75, 3.05) is 7.05 Å².